The molecule has 1 spiro atoms. The van der Waals surface area contributed by atoms with Gasteiger partial charge in [0.15, 0.2) is 0 Å². The highest BCUT2D eigenvalue weighted by molar-refractivity contribution is 7.11. The van der Waals surface area contributed by atoms with E-state index in [1.165, 1.54) is 16.1 Å². The molecule has 1 atom stereocenters. The Morgan fingerprint density at radius 3 is 2.83 bits per heavy atom. The number of amides is 1. The lowest BCUT2D eigenvalue weighted by Gasteiger charge is -2.23. The molecule has 2 aliphatic rings. The Labute approximate surface area is 140 Å². The number of hydrogen-bond acceptors (Lipinski definition) is 5. The summed E-state index contributed by atoms with van der Waals surface area (Å²) in [7, 11) is 0. The molecule has 2 saturated heterocycles. The molecule has 0 bridgehead atoms. The van der Waals surface area contributed by atoms with E-state index < -0.39 is 0 Å². The van der Waals surface area contributed by atoms with E-state index in [9.17, 15) is 4.79 Å². The van der Waals surface area contributed by atoms with Gasteiger partial charge in [0, 0.05) is 41.2 Å². The molecular weight excluding hydrogens is 308 g/mol. The van der Waals surface area contributed by atoms with Gasteiger partial charge in [-0.3, -0.25) is 9.69 Å². The highest BCUT2D eigenvalue weighted by Gasteiger charge is 2.47. The van der Waals surface area contributed by atoms with Crippen LogP contribution in [0.1, 0.15) is 22.6 Å². The van der Waals surface area contributed by atoms with E-state index in [1.54, 1.807) is 12.4 Å². The average Bonchev–Trinajstić information content (AvgIpc) is 3.22. The molecule has 2 aliphatic heterocycles. The number of likely N-dealkylation sites (tertiary alicyclic amines) is 1. The van der Waals surface area contributed by atoms with Crippen molar-refractivity contribution in [2.75, 3.05) is 24.5 Å². The maximum absolute atomic E-state index is 12.5. The van der Waals surface area contributed by atoms with Crippen molar-refractivity contribution in [1.82, 2.24) is 14.9 Å². The van der Waals surface area contributed by atoms with Gasteiger partial charge in [-0.05, 0) is 32.0 Å². The Morgan fingerprint density at radius 2 is 2.09 bits per heavy atom. The van der Waals surface area contributed by atoms with Crippen LogP contribution in [-0.4, -0.2) is 40.4 Å². The molecule has 0 aliphatic carbocycles. The third kappa shape index (κ3) is 2.88. The van der Waals surface area contributed by atoms with Crippen LogP contribution in [-0.2, 0) is 11.3 Å². The molecule has 0 aromatic carbocycles. The van der Waals surface area contributed by atoms with Gasteiger partial charge in [-0.25, -0.2) is 9.97 Å². The number of rotatable bonds is 3. The second kappa shape index (κ2) is 5.69. The first kappa shape index (κ1) is 14.8. The number of aromatic nitrogens is 2. The standard InChI is InChI=1S/C17H20N4OS/c1-13-2-3-15(23-13)9-20-5-4-17(10-20)6-16(22)21(11-17)14-7-18-12-19-8-14/h2-3,7-8,12H,4-6,9-11H2,1H3. The van der Waals surface area contributed by atoms with E-state index in [0.29, 0.717) is 6.42 Å². The third-order valence-corrected chi connectivity index (χ3v) is 5.86. The van der Waals surface area contributed by atoms with Crippen molar-refractivity contribution in [2.24, 2.45) is 5.41 Å². The minimum atomic E-state index is 0.0965. The van der Waals surface area contributed by atoms with Gasteiger partial charge in [0.25, 0.3) is 0 Å². The number of carbonyl (C=O) groups is 1. The van der Waals surface area contributed by atoms with Crippen LogP contribution in [0.15, 0.2) is 30.9 Å². The van der Waals surface area contributed by atoms with E-state index in [1.807, 2.05) is 16.2 Å². The van der Waals surface area contributed by atoms with Crippen LogP contribution < -0.4 is 4.90 Å². The second-order valence-electron chi connectivity index (χ2n) is 6.73. The van der Waals surface area contributed by atoms with Gasteiger partial charge >= 0.3 is 0 Å². The predicted molar refractivity (Wildman–Crippen MR) is 90.4 cm³/mol. The minimum Gasteiger partial charge on any atom is -0.309 e. The van der Waals surface area contributed by atoms with Crippen LogP contribution in [0, 0.1) is 12.3 Å². The highest BCUT2D eigenvalue weighted by Crippen LogP contribution is 2.42. The fraction of sp³-hybridized carbons (Fsp3) is 0.471. The number of carbonyl (C=O) groups excluding carboxylic acids is 1. The quantitative estimate of drug-likeness (QED) is 0.868. The lowest BCUT2D eigenvalue weighted by atomic mass is 9.86. The van der Waals surface area contributed by atoms with Crippen molar-refractivity contribution >= 4 is 22.9 Å². The summed E-state index contributed by atoms with van der Waals surface area (Å²) in [5.41, 5.74) is 0.917. The van der Waals surface area contributed by atoms with Crippen molar-refractivity contribution in [1.29, 1.82) is 0 Å². The maximum Gasteiger partial charge on any atom is 0.227 e. The van der Waals surface area contributed by atoms with E-state index in [-0.39, 0.29) is 11.3 Å². The monoisotopic (exact) mass is 328 g/mol. The molecule has 0 N–H and O–H groups in total. The van der Waals surface area contributed by atoms with Crippen molar-refractivity contribution in [3.8, 4) is 0 Å². The van der Waals surface area contributed by atoms with Crippen LogP contribution in [0.4, 0.5) is 5.69 Å². The summed E-state index contributed by atoms with van der Waals surface area (Å²) in [4.78, 5) is 27.7. The maximum atomic E-state index is 12.5. The van der Waals surface area contributed by atoms with Crippen molar-refractivity contribution in [2.45, 2.75) is 26.3 Å². The van der Waals surface area contributed by atoms with Crippen molar-refractivity contribution in [3.63, 3.8) is 0 Å². The van der Waals surface area contributed by atoms with Crippen molar-refractivity contribution < 1.29 is 4.79 Å². The fourth-order valence-electron chi connectivity index (χ4n) is 3.79. The first-order valence-electron chi connectivity index (χ1n) is 7.97. The molecule has 2 aromatic heterocycles. The summed E-state index contributed by atoms with van der Waals surface area (Å²) < 4.78 is 0. The molecule has 4 heterocycles. The molecular formula is C17H20N4OS. The SMILES string of the molecule is Cc1ccc(CN2CCC3(CC(=O)N(c4cncnc4)C3)C2)s1. The normalized spacial score (nSPS) is 24.9. The largest absolute Gasteiger partial charge is 0.309 e. The number of hydrogen-bond donors (Lipinski definition) is 0. The summed E-state index contributed by atoms with van der Waals surface area (Å²) in [6, 6.07) is 4.40. The summed E-state index contributed by atoms with van der Waals surface area (Å²) in [6.07, 6.45) is 6.69. The number of thiophene rings is 1. The van der Waals surface area contributed by atoms with E-state index in [4.69, 9.17) is 0 Å². The molecule has 23 heavy (non-hydrogen) atoms. The summed E-state index contributed by atoms with van der Waals surface area (Å²) in [5, 5.41) is 0. The molecule has 5 nitrogen and oxygen atoms in total. The summed E-state index contributed by atoms with van der Waals surface area (Å²) in [5.74, 6) is 0.202. The lowest BCUT2D eigenvalue weighted by molar-refractivity contribution is -0.117. The number of anilines is 1. The zero-order chi connectivity index (χ0) is 15.9. The van der Waals surface area contributed by atoms with Crippen molar-refractivity contribution in [3.05, 3.63) is 40.6 Å². The van der Waals surface area contributed by atoms with Gasteiger partial charge in [-0.2, -0.15) is 0 Å². The van der Waals surface area contributed by atoms with Crippen LogP contribution in [0.3, 0.4) is 0 Å². The van der Waals surface area contributed by atoms with Gasteiger partial charge in [0.1, 0.15) is 6.33 Å². The highest BCUT2D eigenvalue weighted by atomic mass is 32.1. The zero-order valence-corrected chi connectivity index (χ0v) is 14.1. The summed E-state index contributed by atoms with van der Waals surface area (Å²) in [6.45, 7) is 6.01. The van der Waals surface area contributed by atoms with Crippen LogP contribution >= 0.6 is 11.3 Å². The van der Waals surface area contributed by atoms with Crippen LogP contribution in [0.25, 0.3) is 0 Å². The molecule has 2 fully saturated rings. The predicted octanol–water partition coefficient (Wildman–Crippen LogP) is 2.48. The number of nitrogens with zero attached hydrogens (tertiary/aromatic N) is 4. The Morgan fingerprint density at radius 1 is 1.26 bits per heavy atom. The van der Waals surface area contributed by atoms with E-state index >= 15 is 0 Å². The molecule has 1 amide bonds. The Bertz CT molecular complexity index is 716. The van der Waals surface area contributed by atoms with Gasteiger partial charge in [0.2, 0.25) is 5.91 Å². The van der Waals surface area contributed by atoms with Crippen LogP contribution in [0.5, 0.6) is 0 Å². The lowest BCUT2D eigenvalue weighted by Crippen LogP contribution is -2.31. The second-order valence-corrected chi connectivity index (χ2v) is 8.10. The average molecular weight is 328 g/mol. The van der Waals surface area contributed by atoms with Gasteiger partial charge < -0.3 is 4.90 Å². The molecule has 4 rings (SSSR count). The van der Waals surface area contributed by atoms with E-state index in [0.717, 1.165) is 38.3 Å². The molecule has 0 radical (unpaired) electrons. The zero-order valence-electron chi connectivity index (χ0n) is 13.2. The molecule has 1 unspecified atom stereocenters. The van der Waals surface area contributed by atoms with Crippen LogP contribution in [0.2, 0.25) is 0 Å². The minimum absolute atomic E-state index is 0.0965. The fourth-order valence-corrected chi connectivity index (χ4v) is 4.72. The molecule has 120 valence electrons. The van der Waals surface area contributed by atoms with Gasteiger partial charge in [-0.15, -0.1) is 11.3 Å². The van der Waals surface area contributed by atoms with Gasteiger partial charge in [0.05, 0.1) is 18.1 Å². The Kier molecular flexibility index (Phi) is 3.66. The molecule has 6 heteroatoms. The van der Waals surface area contributed by atoms with Gasteiger partial charge in [-0.1, -0.05) is 0 Å². The first-order chi connectivity index (χ1) is 11.1. The smallest absolute Gasteiger partial charge is 0.227 e. The topological polar surface area (TPSA) is 49.3 Å². The Balaban J connectivity index is 1.45. The first-order valence-corrected chi connectivity index (χ1v) is 8.78. The molecule has 2 aromatic rings. The Hall–Kier alpha value is -1.79. The number of aryl methyl sites for hydroxylation is 1. The molecule has 0 saturated carbocycles. The third-order valence-electron chi connectivity index (χ3n) is 4.87. The summed E-state index contributed by atoms with van der Waals surface area (Å²) >= 11 is 1.87. The van der Waals surface area contributed by atoms with E-state index in [2.05, 4.69) is 33.9 Å².